The van der Waals surface area contributed by atoms with E-state index in [4.69, 9.17) is 14.2 Å². The van der Waals surface area contributed by atoms with Crippen molar-refractivity contribution in [2.45, 2.75) is 33.1 Å². The van der Waals surface area contributed by atoms with Gasteiger partial charge in [0.1, 0.15) is 47.2 Å². The summed E-state index contributed by atoms with van der Waals surface area (Å²) >= 11 is 0. The van der Waals surface area contributed by atoms with E-state index < -0.39 is 5.97 Å². The number of esters is 1. The molecular weight excluding hydrogens is 398 g/mol. The van der Waals surface area contributed by atoms with E-state index in [0.29, 0.717) is 39.4 Å². The van der Waals surface area contributed by atoms with Crippen molar-refractivity contribution in [1.29, 1.82) is 0 Å². The van der Waals surface area contributed by atoms with Gasteiger partial charge in [-0.15, -0.1) is 15.0 Å². The van der Waals surface area contributed by atoms with E-state index in [2.05, 4.69) is 16.8 Å². The molecule has 2 aromatic carbocycles. The molecule has 31 heavy (non-hydrogen) atoms. The molecule has 0 amide bonds. The molecule has 8 nitrogen and oxygen atoms in total. The van der Waals surface area contributed by atoms with Gasteiger partial charge in [0.2, 0.25) is 0 Å². The minimum Gasteiger partial charge on any atom is -0.505 e. The maximum Gasteiger partial charge on any atom is 0.333 e. The van der Waals surface area contributed by atoms with Gasteiger partial charge in [-0.25, -0.2) is 4.79 Å². The molecule has 3 aromatic rings. The van der Waals surface area contributed by atoms with E-state index in [1.807, 2.05) is 20.8 Å². The zero-order chi connectivity index (χ0) is 22.8. The Balaban J connectivity index is 1.94. The third-order valence-corrected chi connectivity index (χ3v) is 4.61. The summed E-state index contributed by atoms with van der Waals surface area (Å²) in [6.07, 6.45) is 0. The summed E-state index contributed by atoms with van der Waals surface area (Å²) in [6.45, 7) is 11.3. The number of carbonyl (C=O) groups is 1. The molecule has 3 rings (SSSR count). The fraction of sp³-hybridized carbons (Fsp3) is 0.348. The normalized spacial score (nSPS) is 11.4. The van der Waals surface area contributed by atoms with Gasteiger partial charge in [-0.2, -0.15) is 0 Å². The molecule has 0 atom stereocenters. The number of fused-ring (bicyclic) bond motifs is 1. The Bertz CT molecular complexity index is 1130. The van der Waals surface area contributed by atoms with Crippen LogP contribution in [0.5, 0.6) is 17.2 Å². The Morgan fingerprint density at radius 3 is 2.45 bits per heavy atom. The van der Waals surface area contributed by atoms with Crippen LogP contribution in [0.3, 0.4) is 0 Å². The number of rotatable bonds is 7. The van der Waals surface area contributed by atoms with Crippen LogP contribution < -0.4 is 9.47 Å². The number of carbonyl (C=O) groups excluding carboxylic acids is 1. The van der Waals surface area contributed by atoms with Crippen molar-refractivity contribution in [2.75, 3.05) is 20.3 Å². The van der Waals surface area contributed by atoms with Crippen molar-refractivity contribution >= 4 is 17.0 Å². The summed E-state index contributed by atoms with van der Waals surface area (Å²) in [5.41, 5.74) is 2.33. The average Bonchev–Trinajstić information content (AvgIpc) is 3.13. The lowest BCUT2D eigenvalue weighted by Crippen LogP contribution is -2.15. The quantitative estimate of drug-likeness (QED) is 0.348. The van der Waals surface area contributed by atoms with Crippen molar-refractivity contribution in [3.8, 4) is 22.9 Å². The predicted molar refractivity (Wildman–Crippen MR) is 117 cm³/mol. The zero-order valence-electron chi connectivity index (χ0n) is 18.4. The van der Waals surface area contributed by atoms with Crippen molar-refractivity contribution < 1.29 is 24.1 Å². The Morgan fingerprint density at radius 2 is 1.81 bits per heavy atom. The minimum absolute atomic E-state index is 0.0702. The minimum atomic E-state index is -0.465. The first kappa shape index (κ1) is 22.1. The van der Waals surface area contributed by atoms with E-state index in [1.54, 1.807) is 44.4 Å². The van der Waals surface area contributed by atoms with E-state index >= 15 is 0 Å². The maximum atomic E-state index is 11.5. The zero-order valence-corrected chi connectivity index (χ0v) is 18.4. The molecule has 0 aliphatic heterocycles. The summed E-state index contributed by atoms with van der Waals surface area (Å²) in [5, 5.41) is 19.9. The SMILES string of the molecule is C=C(C)C(=O)OCCOc1cc(-n2nc3ccc(OC)cc3n2)c(O)c(C(C)(C)C)c1. The second kappa shape index (κ2) is 8.67. The number of phenolic OH excluding ortho intramolecular Hbond substituents is 1. The first-order chi connectivity index (χ1) is 14.6. The highest BCUT2D eigenvalue weighted by molar-refractivity contribution is 5.86. The van der Waals surface area contributed by atoms with Crippen LogP contribution in [0.4, 0.5) is 0 Å². The molecule has 0 aliphatic rings. The first-order valence-electron chi connectivity index (χ1n) is 9.84. The third-order valence-electron chi connectivity index (χ3n) is 4.61. The smallest absolute Gasteiger partial charge is 0.333 e. The molecule has 0 aliphatic carbocycles. The molecule has 1 N–H and O–H groups in total. The lowest BCUT2D eigenvalue weighted by atomic mass is 9.86. The molecule has 0 saturated carbocycles. The molecule has 0 radical (unpaired) electrons. The van der Waals surface area contributed by atoms with Gasteiger partial charge in [0.15, 0.2) is 0 Å². The monoisotopic (exact) mass is 425 g/mol. The standard InChI is InChI=1S/C23H27N3O5/c1-14(2)22(28)31-10-9-30-16-11-17(23(3,4)5)21(27)20(13-16)26-24-18-8-7-15(29-6)12-19(18)25-26/h7-8,11-13,27H,1,9-10H2,2-6H3. The number of methoxy groups -OCH3 is 1. The van der Waals surface area contributed by atoms with Gasteiger partial charge in [0.05, 0.1) is 7.11 Å². The second-order valence-electron chi connectivity index (χ2n) is 8.20. The number of hydrogen-bond donors (Lipinski definition) is 1. The van der Waals surface area contributed by atoms with Crippen molar-refractivity contribution in [3.05, 3.63) is 48.0 Å². The largest absolute Gasteiger partial charge is 0.505 e. The van der Waals surface area contributed by atoms with Crippen LogP contribution in [0.25, 0.3) is 16.7 Å². The van der Waals surface area contributed by atoms with Gasteiger partial charge in [-0.3, -0.25) is 0 Å². The highest BCUT2D eigenvalue weighted by atomic mass is 16.6. The third kappa shape index (κ3) is 4.96. The van der Waals surface area contributed by atoms with Gasteiger partial charge in [-0.1, -0.05) is 27.4 Å². The average molecular weight is 425 g/mol. The number of nitrogens with zero attached hydrogens (tertiary/aromatic N) is 3. The van der Waals surface area contributed by atoms with Crippen LogP contribution in [0.1, 0.15) is 33.3 Å². The van der Waals surface area contributed by atoms with Crippen molar-refractivity contribution in [2.24, 2.45) is 0 Å². The molecule has 1 heterocycles. The van der Waals surface area contributed by atoms with Crippen LogP contribution in [0.15, 0.2) is 42.5 Å². The number of aromatic nitrogens is 3. The van der Waals surface area contributed by atoms with E-state index in [9.17, 15) is 9.90 Å². The maximum absolute atomic E-state index is 11.5. The number of hydrogen-bond acceptors (Lipinski definition) is 7. The lowest BCUT2D eigenvalue weighted by molar-refractivity contribution is -0.139. The van der Waals surface area contributed by atoms with Gasteiger partial charge >= 0.3 is 5.97 Å². The molecule has 164 valence electrons. The van der Waals surface area contributed by atoms with Crippen LogP contribution in [0, 0.1) is 0 Å². The van der Waals surface area contributed by atoms with Crippen LogP contribution in [0.2, 0.25) is 0 Å². The van der Waals surface area contributed by atoms with E-state index in [-0.39, 0.29) is 24.4 Å². The Morgan fingerprint density at radius 1 is 1.10 bits per heavy atom. The highest BCUT2D eigenvalue weighted by Gasteiger charge is 2.24. The second-order valence-corrected chi connectivity index (χ2v) is 8.20. The Hall–Kier alpha value is -3.55. The van der Waals surface area contributed by atoms with Crippen molar-refractivity contribution in [3.63, 3.8) is 0 Å². The topological polar surface area (TPSA) is 95.7 Å². The van der Waals surface area contributed by atoms with Gasteiger partial charge in [0.25, 0.3) is 0 Å². The summed E-state index contributed by atoms with van der Waals surface area (Å²) < 4.78 is 16.1. The molecular formula is C23H27N3O5. The molecule has 0 bridgehead atoms. The molecule has 0 unspecified atom stereocenters. The van der Waals surface area contributed by atoms with E-state index in [1.165, 1.54) is 4.80 Å². The highest BCUT2D eigenvalue weighted by Crippen LogP contribution is 2.38. The van der Waals surface area contributed by atoms with Gasteiger partial charge in [-0.05, 0) is 30.5 Å². The molecule has 1 aromatic heterocycles. The summed E-state index contributed by atoms with van der Waals surface area (Å²) in [6, 6.07) is 8.80. The number of benzene rings is 2. The Labute approximate surface area is 181 Å². The van der Waals surface area contributed by atoms with E-state index in [0.717, 1.165) is 0 Å². The summed E-state index contributed by atoms with van der Waals surface area (Å²) in [5.74, 6) is 0.776. The number of phenols is 1. The van der Waals surface area contributed by atoms with Crippen molar-refractivity contribution in [1.82, 2.24) is 15.0 Å². The predicted octanol–water partition coefficient (Wildman–Crippen LogP) is 3.93. The first-order valence-corrected chi connectivity index (χ1v) is 9.84. The van der Waals surface area contributed by atoms with Gasteiger partial charge in [0, 0.05) is 23.3 Å². The summed E-state index contributed by atoms with van der Waals surface area (Å²) in [4.78, 5) is 12.9. The summed E-state index contributed by atoms with van der Waals surface area (Å²) in [7, 11) is 1.58. The van der Waals surface area contributed by atoms with Crippen LogP contribution in [-0.4, -0.2) is 46.4 Å². The number of aromatic hydroxyl groups is 1. The van der Waals surface area contributed by atoms with Crippen LogP contribution >= 0.6 is 0 Å². The molecule has 8 heteroatoms. The Kier molecular flexibility index (Phi) is 6.19. The van der Waals surface area contributed by atoms with Gasteiger partial charge < -0.3 is 19.3 Å². The number of ether oxygens (including phenoxy) is 3. The fourth-order valence-electron chi connectivity index (χ4n) is 2.95. The molecule has 0 spiro atoms. The fourth-order valence-corrected chi connectivity index (χ4v) is 2.95. The lowest BCUT2D eigenvalue weighted by Gasteiger charge is -2.23. The van der Waals surface area contributed by atoms with Crippen LogP contribution in [-0.2, 0) is 14.9 Å². The molecule has 0 fully saturated rings. The molecule has 0 saturated heterocycles.